The smallest absolute Gasteiger partial charge is 0.307 e. The van der Waals surface area contributed by atoms with Crippen LogP contribution in [0.25, 0.3) is 0 Å². The van der Waals surface area contributed by atoms with Crippen LogP contribution in [0.2, 0.25) is 0 Å². The van der Waals surface area contributed by atoms with E-state index in [0.29, 0.717) is 12.3 Å². The molecule has 1 aromatic rings. The van der Waals surface area contributed by atoms with E-state index in [1.54, 1.807) is 0 Å². The highest BCUT2D eigenvalue weighted by atomic mass is 16.5. The average Bonchev–Trinajstić information content (AvgIpc) is 2.39. The van der Waals surface area contributed by atoms with Gasteiger partial charge in [0, 0.05) is 6.04 Å². The molecule has 0 aliphatic heterocycles. The Bertz CT molecular complexity index is 384. The van der Waals surface area contributed by atoms with E-state index in [1.165, 1.54) is 18.2 Å². The van der Waals surface area contributed by atoms with E-state index in [9.17, 15) is 4.79 Å². The van der Waals surface area contributed by atoms with E-state index in [1.807, 2.05) is 6.92 Å². The molecule has 1 unspecified atom stereocenters. The van der Waals surface area contributed by atoms with Gasteiger partial charge in [-0.25, -0.2) is 0 Å². The van der Waals surface area contributed by atoms with Gasteiger partial charge in [0.15, 0.2) is 0 Å². The van der Waals surface area contributed by atoms with Crippen LogP contribution in [-0.4, -0.2) is 25.7 Å². The number of nitrogens with one attached hydrogen (secondary N) is 1. The van der Waals surface area contributed by atoms with Crippen molar-refractivity contribution in [2.75, 3.05) is 13.7 Å². The zero-order valence-corrected chi connectivity index (χ0v) is 12.4. The predicted octanol–water partition coefficient (Wildman–Crippen LogP) is 2.89. The summed E-state index contributed by atoms with van der Waals surface area (Å²) in [5.41, 5.74) is 2.59. The number of rotatable bonds is 7. The Morgan fingerprint density at radius 1 is 1.26 bits per heavy atom. The molecule has 0 aliphatic carbocycles. The third-order valence-electron chi connectivity index (χ3n) is 3.26. The highest BCUT2D eigenvalue weighted by molar-refractivity contribution is 5.70. The van der Waals surface area contributed by atoms with Crippen LogP contribution in [0.1, 0.15) is 44.2 Å². The lowest BCUT2D eigenvalue weighted by atomic mass is 9.98. The molecule has 1 atom stereocenters. The van der Waals surface area contributed by atoms with Crippen LogP contribution < -0.4 is 5.32 Å². The van der Waals surface area contributed by atoms with Crippen LogP contribution in [0.4, 0.5) is 0 Å². The number of likely N-dealkylation sites (N-methyl/N-ethyl adjacent to an activating group) is 1. The maximum Gasteiger partial charge on any atom is 0.307 e. The minimum Gasteiger partial charge on any atom is -0.469 e. The van der Waals surface area contributed by atoms with E-state index in [-0.39, 0.29) is 12.0 Å². The second-order valence-corrected chi connectivity index (χ2v) is 5.14. The standard InChI is InChI=1S/C16H25NO2/c1-5-17-15(11-16(18)19-4)10-13-6-8-14(9-7-13)12(2)3/h6-9,12,15,17H,5,10-11H2,1-4H3. The third kappa shape index (κ3) is 5.43. The maximum absolute atomic E-state index is 11.4. The third-order valence-corrected chi connectivity index (χ3v) is 3.26. The fourth-order valence-corrected chi connectivity index (χ4v) is 2.11. The summed E-state index contributed by atoms with van der Waals surface area (Å²) >= 11 is 0. The summed E-state index contributed by atoms with van der Waals surface area (Å²) in [7, 11) is 1.43. The van der Waals surface area contributed by atoms with Crippen LogP contribution in [0.5, 0.6) is 0 Å². The molecule has 0 radical (unpaired) electrons. The molecular formula is C16H25NO2. The summed E-state index contributed by atoms with van der Waals surface area (Å²) in [4.78, 5) is 11.4. The normalized spacial score (nSPS) is 12.5. The molecule has 1 aromatic carbocycles. The number of hydrogen-bond donors (Lipinski definition) is 1. The first-order chi connectivity index (χ1) is 9.06. The van der Waals surface area contributed by atoms with Crippen molar-refractivity contribution >= 4 is 5.97 Å². The molecule has 3 nitrogen and oxygen atoms in total. The highest BCUT2D eigenvalue weighted by Gasteiger charge is 2.13. The van der Waals surface area contributed by atoms with Crippen molar-refractivity contribution < 1.29 is 9.53 Å². The molecule has 0 aromatic heterocycles. The van der Waals surface area contributed by atoms with Crippen molar-refractivity contribution in [2.24, 2.45) is 0 Å². The van der Waals surface area contributed by atoms with Crippen LogP contribution in [0, 0.1) is 0 Å². The number of hydrogen-bond acceptors (Lipinski definition) is 3. The Hall–Kier alpha value is -1.35. The summed E-state index contributed by atoms with van der Waals surface area (Å²) in [6.07, 6.45) is 1.26. The molecule has 19 heavy (non-hydrogen) atoms. The van der Waals surface area contributed by atoms with Gasteiger partial charge in [-0.1, -0.05) is 45.0 Å². The largest absolute Gasteiger partial charge is 0.469 e. The van der Waals surface area contributed by atoms with Crippen LogP contribution in [0.3, 0.4) is 0 Å². The molecule has 1 rings (SSSR count). The van der Waals surface area contributed by atoms with Crippen molar-refractivity contribution in [3.05, 3.63) is 35.4 Å². The fourth-order valence-electron chi connectivity index (χ4n) is 2.11. The van der Waals surface area contributed by atoms with Gasteiger partial charge in [-0.2, -0.15) is 0 Å². The van der Waals surface area contributed by atoms with E-state index in [0.717, 1.165) is 13.0 Å². The summed E-state index contributed by atoms with van der Waals surface area (Å²) in [6.45, 7) is 7.28. The van der Waals surface area contributed by atoms with Gasteiger partial charge >= 0.3 is 5.97 Å². The Morgan fingerprint density at radius 3 is 2.37 bits per heavy atom. The van der Waals surface area contributed by atoms with Gasteiger partial charge in [-0.3, -0.25) is 4.79 Å². The first-order valence-corrected chi connectivity index (χ1v) is 6.95. The minimum atomic E-state index is -0.162. The van der Waals surface area contributed by atoms with Crippen LogP contribution in [0.15, 0.2) is 24.3 Å². The van der Waals surface area contributed by atoms with Gasteiger partial charge in [0.2, 0.25) is 0 Å². The monoisotopic (exact) mass is 263 g/mol. The van der Waals surface area contributed by atoms with Crippen LogP contribution >= 0.6 is 0 Å². The number of methoxy groups -OCH3 is 1. The zero-order chi connectivity index (χ0) is 14.3. The topological polar surface area (TPSA) is 38.3 Å². The summed E-state index contributed by atoms with van der Waals surface area (Å²) < 4.78 is 4.74. The first-order valence-electron chi connectivity index (χ1n) is 6.95. The predicted molar refractivity (Wildman–Crippen MR) is 78.3 cm³/mol. The summed E-state index contributed by atoms with van der Waals surface area (Å²) in [5, 5.41) is 3.33. The van der Waals surface area contributed by atoms with E-state index in [4.69, 9.17) is 4.74 Å². The van der Waals surface area contributed by atoms with Crippen molar-refractivity contribution in [3.8, 4) is 0 Å². The number of carbonyl (C=O) groups is 1. The molecule has 0 bridgehead atoms. The van der Waals surface area contributed by atoms with Crippen molar-refractivity contribution in [1.29, 1.82) is 0 Å². The Labute approximate surface area is 116 Å². The SMILES string of the molecule is CCNC(CC(=O)OC)Cc1ccc(C(C)C)cc1. The molecule has 0 heterocycles. The summed E-state index contributed by atoms with van der Waals surface area (Å²) in [6, 6.07) is 8.78. The lowest BCUT2D eigenvalue weighted by Crippen LogP contribution is -2.33. The van der Waals surface area contributed by atoms with Gasteiger partial charge in [0.1, 0.15) is 0 Å². The van der Waals surface area contributed by atoms with Gasteiger partial charge in [0.05, 0.1) is 13.5 Å². The zero-order valence-electron chi connectivity index (χ0n) is 12.4. The molecule has 0 spiro atoms. The van der Waals surface area contributed by atoms with Gasteiger partial charge < -0.3 is 10.1 Å². The maximum atomic E-state index is 11.4. The molecule has 0 saturated heterocycles. The molecule has 0 saturated carbocycles. The molecule has 3 heteroatoms. The molecule has 1 N–H and O–H groups in total. The second kappa shape index (κ2) is 7.95. The first kappa shape index (κ1) is 15.7. The van der Waals surface area contributed by atoms with Gasteiger partial charge in [-0.15, -0.1) is 0 Å². The lowest BCUT2D eigenvalue weighted by Gasteiger charge is -2.17. The van der Waals surface area contributed by atoms with E-state index >= 15 is 0 Å². The molecule has 0 amide bonds. The van der Waals surface area contributed by atoms with Crippen molar-refractivity contribution in [1.82, 2.24) is 5.32 Å². The van der Waals surface area contributed by atoms with Crippen molar-refractivity contribution in [2.45, 2.75) is 45.6 Å². The fraction of sp³-hybridized carbons (Fsp3) is 0.562. The Kier molecular flexibility index (Phi) is 6.57. The second-order valence-electron chi connectivity index (χ2n) is 5.14. The quantitative estimate of drug-likeness (QED) is 0.769. The Morgan fingerprint density at radius 2 is 1.89 bits per heavy atom. The molecular weight excluding hydrogens is 238 g/mol. The van der Waals surface area contributed by atoms with E-state index < -0.39 is 0 Å². The number of carbonyl (C=O) groups excluding carboxylic acids is 1. The Balaban J connectivity index is 2.65. The molecule has 106 valence electrons. The number of ether oxygens (including phenoxy) is 1. The minimum absolute atomic E-state index is 0.141. The highest BCUT2D eigenvalue weighted by Crippen LogP contribution is 2.16. The molecule has 0 fully saturated rings. The number of benzene rings is 1. The van der Waals surface area contributed by atoms with Gasteiger partial charge in [0.25, 0.3) is 0 Å². The van der Waals surface area contributed by atoms with Gasteiger partial charge in [-0.05, 0) is 30.0 Å². The average molecular weight is 263 g/mol. The lowest BCUT2D eigenvalue weighted by molar-refractivity contribution is -0.141. The van der Waals surface area contributed by atoms with E-state index in [2.05, 4.69) is 43.4 Å². The van der Waals surface area contributed by atoms with Crippen molar-refractivity contribution in [3.63, 3.8) is 0 Å². The summed E-state index contributed by atoms with van der Waals surface area (Å²) in [5.74, 6) is 0.387. The molecule has 0 aliphatic rings. The van der Waals surface area contributed by atoms with Crippen LogP contribution in [-0.2, 0) is 16.0 Å². The number of esters is 1.